The van der Waals surface area contributed by atoms with E-state index in [0.717, 1.165) is 0 Å². The number of aromatic nitrogens is 2. The molecule has 6 nitrogen and oxygen atoms in total. The summed E-state index contributed by atoms with van der Waals surface area (Å²) >= 11 is 0. The monoisotopic (exact) mass is 239 g/mol. The summed E-state index contributed by atoms with van der Waals surface area (Å²) in [6.45, 7) is 2.56. The molecule has 6 heteroatoms. The minimum atomic E-state index is -0.553. The van der Waals surface area contributed by atoms with E-state index in [2.05, 4.69) is 9.88 Å². The van der Waals surface area contributed by atoms with Gasteiger partial charge in [0.15, 0.2) is 0 Å². The lowest BCUT2D eigenvalue weighted by molar-refractivity contribution is 0.293. The maximum absolute atomic E-state index is 11.5. The highest BCUT2D eigenvalue weighted by molar-refractivity contribution is 5.20. The SMILES string of the molecule is Cc1c(O)n(CCN(C)C2CC2)c(=O)[nH]c1=O. The Morgan fingerprint density at radius 3 is 2.71 bits per heavy atom. The van der Waals surface area contributed by atoms with Crippen LogP contribution in [-0.4, -0.2) is 39.2 Å². The van der Waals surface area contributed by atoms with Gasteiger partial charge in [0.05, 0.1) is 5.56 Å². The van der Waals surface area contributed by atoms with Crippen molar-refractivity contribution in [3.63, 3.8) is 0 Å². The molecule has 1 aliphatic carbocycles. The van der Waals surface area contributed by atoms with Crippen LogP contribution in [0, 0.1) is 6.92 Å². The smallest absolute Gasteiger partial charge is 0.331 e. The van der Waals surface area contributed by atoms with E-state index in [1.807, 2.05) is 7.05 Å². The largest absolute Gasteiger partial charge is 0.494 e. The molecule has 2 N–H and O–H groups in total. The molecule has 1 heterocycles. The second-order valence-corrected chi connectivity index (χ2v) is 4.57. The van der Waals surface area contributed by atoms with Crippen molar-refractivity contribution in [2.24, 2.45) is 0 Å². The molecule has 0 saturated heterocycles. The molecule has 2 rings (SSSR count). The van der Waals surface area contributed by atoms with Crippen LogP contribution in [0.3, 0.4) is 0 Å². The first-order chi connectivity index (χ1) is 8.00. The van der Waals surface area contributed by atoms with Crippen molar-refractivity contribution >= 4 is 0 Å². The van der Waals surface area contributed by atoms with Gasteiger partial charge in [-0.15, -0.1) is 0 Å². The van der Waals surface area contributed by atoms with E-state index in [4.69, 9.17) is 0 Å². The Bertz CT molecular complexity index is 528. The number of aromatic hydroxyl groups is 1. The van der Waals surface area contributed by atoms with E-state index < -0.39 is 11.2 Å². The van der Waals surface area contributed by atoms with Crippen molar-refractivity contribution in [2.45, 2.75) is 32.4 Å². The Morgan fingerprint density at radius 1 is 1.47 bits per heavy atom. The minimum absolute atomic E-state index is 0.179. The van der Waals surface area contributed by atoms with Gasteiger partial charge in [-0.3, -0.25) is 14.3 Å². The molecule has 1 fully saturated rings. The summed E-state index contributed by atoms with van der Waals surface area (Å²) in [4.78, 5) is 27.1. The molecule has 0 atom stereocenters. The predicted octanol–water partition coefficient (Wildman–Crippen LogP) is -0.355. The van der Waals surface area contributed by atoms with E-state index in [1.165, 1.54) is 24.3 Å². The van der Waals surface area contributed by atoms with Gasteiger partial charge in [-0.25, -0.2) is 4.79 Å². The van der Waals surface area contributed by atoms with Crippen molar-refractivity contribution < 1.29 is 5.11 Å². The van der Waals surface area contributed by atoms with Crippen molar-refractivity contribution in [3.8, 4) is 5.88 Å². The number of likely N-dealkylation sites (N-methyl/N-ethyl adjacent to an activating group) is 1. The van der Waals surface area contributed by atoms with Crippen LogP contribution in [0.5, 0.6) is 5.88 Å². The molecule has 17 heavy (non-hydrogen) atoms. The Kier molecular flexibility index (Phi) is 3.06. The molecule has 0 amide bonds. The third-order valence-corrected chi connectivity index (χ3v) is 3.24. The zero-order valence-electron chi connectivity index (χ0n) is 10.1. The zero-order chi connectivity index (χ0) is 12.6. The van der Waals surface area contributed by atoms with Crippen LogP contribution >= 0.6 is 0 Å². The average molecular weight is 239 g/mol. The number of nitrogens with zero attached hydrogens (tertiary/aromatic N) is 2. The molecule has 0 spiro atoms. The van der Waals surface area contributed by atoms with Gasteiger partial charge < -0.3 is 10.0 Å². The van der Waals surface area contributed by atoms with Gasteiger partial charge in [0.2, 0.25) is 5.88 Å². The van der Waals surface area contributed by atoms with Crippen molar-refractivity contribution in [3.05, 3.63) is 26.4 Å². The standard InChI is InChI=1S/C11H17N3O3/c1-7-9(15)12-11(17)14(10(7)16)6-5-13(2)8-3-4-8/h8,16H,3-6H2,1-2H3,(H,12,15,17). The van der Waals surface area contributed by atoms with E-state index in [1.54, 1.807) is 0 Å². The lowest BCUT2D eigenvalue weighted by Crippen LogP contribution is -2.35. The second-order valence-electron chi connectivity index (χ2n) is 4.57. The summed E-state index contributed by atoms with van der Waals surface area (Å²) in [6, 6.07) is 0.608. The minimum Gasteiger partial charge on any atom is -0.494 e. The van der Waals surface area contributed by atoms with E-state index in [9.17, 15) is 14.7 Å². The van der Waals surface area contributed by atoms with Crippen LogP contribution in [0.4, 0.5) is 0 Å². The molecule has 0 bridgehead atoms. The van der Waals surface area contributed by atoms with Crippen LogP contribution in [0.2, 0.25) is 0 Å². The lowest BCUT2D eigenvalue weighted by Gasteiger charge is -2.17. The summed E-state index contributed by atoms with van der Waals surface area (Å²) in [5.74, 6) is -0.233. The summed E-state index contributed by atoms with van der Waals surface area (Å²) in [7, 11) is 2.00. The van der Waals surface area contributed by atoms with Crippen LogP contribution in [0.1, 0.15) is 18.4 Å². The molecule has 0 aliphatic heterocycles. The molecule has 94 valence electrons. The molecule has 1 aromatic heterocycles. The maximum Gasteiger partial charge on any atom is 0.331 e. The number of nitrogens with one attached hydrogen (secondary N) is 1. The lowest BCUT2D eigenvalue weighted by atomic mass is 10.3. The van der Waals surface area contributed by atoms with Gasteiger partial charge in [-0.05, 0) is 26.8 Å². The predicted molar refractivity (Wildman–Crippen MR) is 63.4 cm³/mol. The number of hydrogen-bond donors (Lipinski definition) is 2. The third-order valence-electron chi connectivity index (χ3n) is 3.24. The fraction of sp³-hybridized carbons (Fsp3) is 0.636. The Hall–Kier alpha value is -1.56. The molecule has 1 saturated carbocycles. The maximum atomic E-state index is 11.5. The van der Waals surface area contributed by atoms with Gasteiger partial charge in [0.25, 0.3) is 5.56 Å². The number of H-pyrrole nitrogens is 1. The molecule has 0 aromatic carbocycles. The average Bonchev–Trinajstić information content (AvgIpc) is 3.09. The molecule has 0 radical (unpaired) electrons. The van der Waals surface area contributed by atoms with Crippen LogP contribution in [0.15, 0.2) is 9.59 Å². The van der Waals surface area contributed by atoms with Gasteiger partial charge in [0.1, 0.15) is 0 Å². The first-order valence-electron chi connectivity index (χ1n) is 5.73. The van der Waals surface area contributed by atoms with Gasteiger partial charge in [-0.1, -0.05) is 0 Å². The highest BCUT2D eigenvalue weighted by Gasteiger charge is 2.25. The van der Waals surface area contributed by atoms with Crippen LogP contribution in [0.25, 0.3) is 0 Å². The van der Waals surface area contributed by atoms with Crippen molar-refractivity contribution in [2.75, 3.05) is 13.6 Å². The van der Waals surface area contributed by atoms with E-state index in [-0.39, 0.29) is 11.4 Å². The fourth-order valence-corrected chi connectivity index (χ4v) is 1.82. The van der Waals surface area contributed by atoms with Crippen LogP contribution in [-0.2, 0) is 6.54 Å². The molecule has 1 aliphatic rings. The summed E-state index contributed by atoms with van der Waals surface area (Å²) in [5, 5.41) is 9.75. The zero-order valence-corrected chi connectivity index (χ0v) is 10.1. The Balaban J connectivity index is 2.17. The highest BCUT2D eigenvalue weighted by Crippen LogP contribution is 2.25. The molecule has 0 unspecified atom stereocenters. The number of hydrogen-bond acceptors (Lipinski definition) is 4. The first kappa shape index (κ1) is 11.9. The molecular weight excluding hydrogens is 222 g/mol. The van der Waals surface area contributed by atoms with Gasteiger partial charge >= 0.3 is 5.69 Å². The quantitative estimate of drug-likeness (QED) is 0.752. The number of aromatic amines is 1. The highest BCUT2D eigenvalue weighted by atomic mass is 16.3. The Morgan fingerprint density at radius 2 is 2.12 bits per heavy atom. The fourth-order valence-electron chi connectivity index (χ4n) is 1.82. The topological polar surface area (TPSA) is 78.3 Å². The van der Waals surface area contributed by atoms with Gasteiger partial charge in [-0.2, -0.15) is 0 Å². The first-order valence-corrected chi connectivity index (χ1v) is 5.73. The van der Waals surface area contributed by atoms with E-state index in [0.29, 0.717) is 19.1 Å². The number of rotatable bonds is 4. The van der Waals surface area contributed by atoms with Crippen molar-refractivity contribution in [1.82, 2.24) is 14.5 Å². The Labute approximate surface area is 98.5 Å². The summed E-state index contributed by atoms with van der Waals surface area (Å²) in [5.41, 5.74) is -0.903. The second kappa shape index (κ2) is 4.37. The van der Waals surface area contributed by atoms with Gasteiger partial charge in [0, 0.05) is 19.1 Å². The summed E-state index contributed by atoms with van der Waals surface area (Å²) in [6.07, 6.45) is 2.39. The van der Waals surface area contributed by atoms with E-state index >= 15 is 0 Å². The van der Waals surface area contributed by atoms with Crippen LogP contribution < -0.4 is 11.2 Å². The van der Waals surface area contributed by atoms with Crippen molar-refractivity contribution in [1.29, 1.82) is 0 Å². The third kappa shape index (κ3) is 2.41. The molecule has 1 aromatic rings. The molecular formula is C11H17N3O3. The summed E-state index contributed by atoms with van der Waals surface area (Å²) < 4.78 is 1.20. The normalized spacial score (nSPS) is 15.5.